The molecule has 0 radical (unpaired) electrons. The topological polar surface area (TPSA) is 84.2 Å². The molecule has 3 heterocycles. The lowest BCUT2D eigenvalue weighted by Crippen LogP contribution is -2.38. The largest absolute Gasteiger partial charge is 0.492 e. The number of carbonyl (C=O) groups excluding carboxylic acids is 1. The zero-order chi connectivity index (χ0) is 30.6. The minimum absolute atomic E-state index is 0.125. The fourth-order valence-corrected chi connectivity index (χ4v) is 6.76. The van der Waals surface area contributed by atoms with Gasteiger partial charge in [-0.2, -0.15) is 0 Å². The predicted octanol–water partition coefficient (Wildman–Crippen LogP) is 5.70. The van der Waals surface area contributed by atoms with Crippen LogP contribution in [0.25, 0.3) is 28.1 Å². The van der Waals surface area contributed by atoms with Gasteiger partial charge in [-0.05, 0) is 71.7 Å². The smallest absolute Gasteiger partial charge is 0.335 e. The first-order chi connectivity index (χ1) is 21.4. The maximum atomic E-state index is 13.4. The van der Waals surface area contributed by atoms with E-state index in [0.29, 0.717) is 28.8 Å². The van der Waals surface area contributed by atoms with Crippen LogP contribution in [0, 0.1) is 0 Å². The van der Waals surface area contributed by atoms with Crippen LogP contribution in [-0.2, 0) is 23.0 Å². The molecule has 1 aromatic heterocycles. The van der Waals surface area contributed by atoms with Crippen LogP contribution in [-0.4, -0.2) is 81.7 Å². The first-order valence-corrected chi connectivity index (χ1v) is 15.8. The molecule has 6 rings (SSSR count). The molecule has 0 spiro atoms. The molecule has 1 amide bonds. The van der Waals surface area contributed by atoms with Crippen LogP contribution in [0.2, 0.25) is 0 Å². The zero-order valence-corrected chi connectivity index (χ0v) is 26.0. The SMILES string of the molecule is Cn1ccc2cc(-c3cc(/C=C4\SC(=S)N(CCc5ccc(C(=O)O)cc5)C4=O)ccc3OCCN3CCOCC3)ccc21. The Morgan fingerprint density at radius 3 is 2.61 bits per heavy atom. The van der Waals surface area contributed by atoms with E-state index < -0.39 is 5.97 Å². The van der Waals surface area contributed by atoms with Crippen LogP contribution in [0.3, 0.4) is 0 Å². The number of carbonyl (C=O) groups is 2. The number of morpholine rings is 1. The minimum Gasteiger partial charge on any atom is -0.492 e. The summed E-state index contributed by atoms with van der Waals surface area (Å²) in [5.74, 6) is -0.289. The number of fused-ring (bicyclic) bond motifs is 1. The standard InChI is InChI=1S/C34H33N3O5S2/c1-35-12-11-27-22-26(7-8-29(27)35)28-20-24(4-9-30(28)42-19-16-36-14-17-41-18-15-36)21-31-32(38)37(34(43)44-31)13-10-23-2-5-25(6-3-23)33(39)40/h2-9,11-12,20-22H,10,13-19H2,1H3,(H,39,40)/b31-21-. The van der Waals surface area contributed by atoms with Gasteiger partial charge >= 0.3 is 5.97 Å². The van der Waals surface area contributed by atoms with Crippen molar-refractivity contribution in [2.75, 3.05) is 46.0 Å². The van der Waals surface area contributed by atoms with E-state index in [9.17, 15) is 9.59 Å². The second kappa shape index (κ2) is 13.4. The summed E-state index contributed by atoms with van der Waals surface area (Å²) in [6, 6.07) is 21.2. The van der Waals surface area contributed by atoms with E-state index in [2.05, 4.69) is 46.0 Å². The van der Waals surface area contributed by atoms with Crippen LogP contribution in [0.1, 0.15) is 21.5 Å². The number of benzene rings is 3. The molecule has 3 aromatic carbocycles. The summed E-state index contributed by atoms with van der Waals surface area (Å²) in [5.41, 5.74) is 5.23. The summed E-state index contributed by atoms with van der Waals surface area (Å²) in [5, 5.41) is 10.3. The molecule has 0 aliphatic carbocycles. The first kappa shape index (κ1) is 30.1. The first-order valence-electron chi connectivity index (χ1n) is 14.6. The second-order valence-electron chi connectivity index (χ2n) is 10.8. The second-order valence-corrected chi connectivity index (χ2v) is 12.5. The third kappa shape index (κ3) is 6.73. The van der Waals surface area contributed by atoms with Crippen molar-refractivity contribution in [3.05, 3.63) is 94.5 Å². The molecule has 8 nitrogen and oxygen atoms in total. The van der Waals surface area contributed by atoms with Gasteiger partial charge in [-0.25, -0.2) is 4.79 Å². The van der Waals surface area contributed by atoms with E-state index in [1.54, 1.807) is 29.2 Å². The molecule has 0 bridgehead atoms. The number of aryl methyl sites for hydroxylation is 1. The Hall–Kier alpha value is -3.96. The number of aromatic carboxylic acids is 1. The molecule has 0 atom stereocenters. The van der Waals surface area contributed by atoms with Crippen molar-refractivity contribution in [1.29, 1.82) is 0 Å². The molecule has 2 saturated heterocycles. The van der Waals surface area contributed by atoms with Crippen molar-refractivity contribution < 1.29 is 24.2 Å². The summed E-state index contributed by atoms with van der Waals surface area (Å²) >= 11 is 6.87. The number of thiocarbonyl (C=S) groups is 1. The number of carboxylic acid groups (broad SMARTS) is 1. The highest BCUT2D eigenvalue weighted by Gasteiger charge is 2.31. The third-order valence-corrected chi connectivity index (χ3v) is 9.34. The maximum absolute atomic E-state index is 13.4. The number of hydrogen-bond donors (Lipinski definition) is 1. The van der Waals surface area contributed by atoms with E-state index in [1.165, 1.54) is 11.8 Å². The number of hydrogen-bond acceptors (Lipinski definition) is 7. The Morgan fingerprint density at radius 2 is 1.84 bits per heavy atom. The van der Waals surface area contributed by atoms with Crippen molar-refractivity contribution >= 4 is 57.2 Å². The lowest BCUT2D eigenvalue weighted by Gasteiger charge is -2.26. The highest BCUT2D eigenvalue weighted by atomic mass is 32.2. The van der Waals surface area contributed by atoms with Gasteiger partial charge in [-0.15, -0.1) is 0 Å². The van der Waals surface area contributed by atoms with Gasteiger partial charge in [0.2, 0.25) is 0 Å². The molecule has 1 N–H and O–H groups in total. The van der Waals surface area contributed by atoms with Gasteiger partial charge in [0, 0.05) is 55.9 Å². The van der Waals surface area contributed by atoms with Gasteiger partial charge in [-0.3, -0.25) is 14.6 Å². The molecule has 2 fully saturated rings. The lowest BCUT2D eigenvalue weighted by molar-refractivity contribution is -0.122. The van der Waals surface area contributed by atoms with Crippen LogP contribution in [0.5, 0.6) is 5.75 Å². The third-order valence-electron chi connectivity index (χ3n) is 7.96. The van der Waals surface area contributed by atoms with Crippen molar-refractivity contribution in [3.63, 3.8) is 0 Å². The van der Waals surface area contributed by atoms with Crippen molar-refractivity contribution in [3.8, 4) is 16.9 Å². The normalized spacial score (nSPS) is 16.8. The Balaban J connectivity index is 1.21. The molecule has 226 valence electrons. The van der Waals surface area contributed by atoms with Gasteiger partial charge < -0.3 is 19.1 Å². The molecule has 2 aliphatic heterocycles. The van der Waals surface area contributed by atoms with Crippen LogP contribution in [0.4, 0.5) is 0 Å². The van der Waals surface area contributed by atoms with Crippen LogP contribution in [0.15, 0.2) is 77.8 Å². The fourth-order valence-electron chi connectivity index (χ4n) is 5.45. The van der Waals surface area contributed by atoms with Crippen molar-refractivity contribution in [2.45, 2.75) is 6.42 Å². The van der Waals surface area contributed by atoms with Crippen LogP contribution >= 0.6 is 24.0 Å². The summed E-state index contributed by atoms with van der Waals surface area (Å²) < 4.78 is 14.4. The Bertz CT molecular complexity index is 1740. The summed E-state index contributed by atoms with van der Waals surface area (Å²) in [6.45, 7) is 5.15. The monoisotopic (exact) mass is 627 g/mol. The van der Waals surface area contributed by atoms with Crippen molar-refractivity contribution in [2.24, 2.45) is 7.05 Å². The maximum Gasteiger partial charge on any atom is 0.335 e. The fraction of sp³-hybridized carbons (Fsp3) is 0.265. The summed E-state index contributed by atoms with van der Waals surface area (Å²) in [7, 11) is 2.04. The molecular formula is C34H33N3O5S2. The summed E-state index contributed by atoms with van der Waals surface area (Å²) in [6.07, 6.45) is 4.52. The Morgan fingerprint density at radius 1 is 1.05 bits per heavy atom. The lowest BCUT2D eigenvalue weighted by atomic mass is 10.00. The van der Waals surface area contributed by atoms with E-state index in [1.807, 2.05) is 25.3 Å². The van der Waals surface area contributed by atoms with E-state index in [-0.39, 0.29) is 11.5 Å². The molecule has 4 aromatic rings. The van der Waals surface area contributed by atoms with E-state index in [0.717, 1.165) is 71.8 Å². The Labute approximate surface area is 265 Å². The molecule has 2 aliphatic rings. The number of carboxylic acids is 1. The number of ether oxygens (including phenoxy) is 2. The number of amides is 1. The van der Waals surface area contributed by atoms with Crippen molar-refractivity contribution in [1.82, 2.24) is 14.4 Å². The number of rotatable bonds is 10. The predicted molar refractivity (Wildman–Crippen MR) is 178 cm³/mol. The molecule has 44 heavy (non-hydrogen) atoms. The average molecular weight is 628 g/mol. The quantitative estimate of drug-likeness (QED) is 0.177. The number of nitrogens with zero attached hydrogens (tertiary/aromatic N) is 3. The van der Waals surface area contributed by atoms with E-state index in [4.69, 9.17) is 26.8 Å². The molecule has 0 saturated carbocycles. The minimum atomic E-state index is -0.963. The van der Waals surface area contributed by atoms with Gasteiger partial charge in [0.15, 0.2) is 0 Å². The van der Waals surface area contributed by atoms with Gasteiger partial charge in [0.1, 0.15) is 16.7 Å². The molecular weight excluding hydrogens is 595 g/mol. The molecule has 0 unspecified atom stereocenters. The van der Waals surface area contributed by atoms with Gasteiger partial charge in [0.25, 0.3) is 5.91 Å². The number of aromatic nitrogens is 1. The van der Waals surface area contributed by atoms with Gasteiger partial charge in [-0.1, -0.05) is 48.2 Å². The zero-order valence-electron chi connectivity index (χ0n) is 24.4. The summed E-state index contributed by atoms with van der Waals surface area (Å²) in [4.78, 5) is 29.1. The average Bonchev–Trinajstić information content (AvgIpc) is 3.54. The Kier molecular flexibility index (Phi) is 9.13. The van der Waals surface area contributed by atoms with Gasteiger partial charge in [0.05, 0.1) is 23.7 Å². The van der Waals surface area contributed by atoms with E-state index >= 15 is 0 Å². The van der Waals surface area contributed by atoms with Crippen LogP contribution < -0.4 is 4.74 Å². The number of thioether (sulfide) groups is 1. The highest BCUT2D eigenvalue weighted by Crippen LogP contribution is 2.37. The highest BCUT2D eigenvalue weighted by molar-refractivity contribution is 8.26. The molecule has 10 heteroatoms.